The second kappa shape index (κ2) is 7.67. The number of aromatic nitrogens is 1. The van der Waals surface area contributed by atoms with Gasteiger partial charge < -0.3 is 5.32 Å². The third-order valence-corrected chi connectivity index (χ3v) is 3.29. The van der Waals surface area contributed by atoms with Gasteiger partial charge in [-0.25, -0.2) is 4.98 Å². The first-order valence-corrected chi connectivity index (χ1v) is 6.95. The normalized spacial score (nSPS) is 12.2. The van der Waals surface area contributed by atoms with E-state index in [0.29, 0.717) is 24.0 Å². The standard InChI is InChI=1S/C12H16BrClN2O/c1-2-9(5-6-14)7-16-12(17)11-4-3-10(13)8-15-11/h3-4,8-9H,2,5-7H2,1H3,(H,16,17). The van der Waals surface area contributed by atoms with E-state index in [9.17, 15) is 4.79 Å². The number of pyridine rings is 1. The number of alkyl halides is 1. The summed E-state index contributed by atoms with van der Waals surface area (Å²) in [4.78, 5) is 15.8. The molecule has 5 heteroatoms. The Kier molecular flexibility index (Phi) is 6.52. The minimum absolute atomic E-state index is 0.134. The van der Waals surface area contributed by atoms with Gasteiger partial charge in [0, 0.05) is 23.1 Å². The van der Waals surface area contributed by atoms with Gasteiger partial charge in [-0.1, -0.05) is 13.3 Å². The van der Waals surface area contributed by atoms with Gasteiger partial charge >= 0.3 is 0 Å². The van der Waals surface area contributed by atoms with Crippen molar-refractivity contribution in [2.24, 2.45) is 5.92 Å². The van der Waals surface area contributed by atoms with Crippen LogP contribution in [0, 0.1) is 5.92 Å². The van der Waals surface area contributed by atoms with E-state index in [1.54, 1.807) is 18.3 Å². The van der Waals surface area contributed by atoms with Crippen LogP contribution in [0.1, 0.15) is 30.3 Å². The summed E-state index contributed by atoms with van der Waals surface area (Å²) >= 11 is 8.97. The third-order valence-electron chi connectivity index (χ3n) is 2.61. The van der Waals surface area contributed by atoms with E-state index in [0.717, 1.165) is 17.3 Å². The Morgan fingerprint density at radius 3 is 2.88 bits per heavy atom. The highest BCUT2D eigenvalue weighted by Crippen LogP contribution is 2.09. The number of carbonyl (C=O) groups is 1. The molecule has 1 aromatic rings. The molecule has 1 unspecified atom stereocenters. The summed E-state index contributed by atoms with van der Waals surface area (Å²) in [5, 5.41) is 2.88. The van der Waals surface area contributed by atoms with Crippen LogP contribution < -0.4 is 5.32 Å². The predicted molar refractivity (Wildman–Crippen MR) is 73.4 cm³/mol. The highest BCUT2D eigenvalue weighted by atomic mass is 79.9. The molecule has 0 aliphatic heterocycles. The van der Waals surface area contributed by atoms with Crippen LogP contribution in [-0.2, 0) is 0 Å². The molecule has 3 nitrogen and oxygen atoms in total. The number of halogens is 2. The van der Waals surface area contributed by atoms with Gasteiger partial charge in [-0.15, -0.1) is 11.6 Å². The minimum Gasteiger partial charge on any atom is -0.350 e. The molecule has 0 aromatic carbocycles. The van der Waals surface area contributed by atoms with Crippen LogP contribution in [-0.4, -0.2) is 23.3 Å². The molecule has 0 aliphatic rings. The molecule has 1 amide bonds. The summed E-state index contributed by atoms with van der Waals surface area (Å²) < 4.78 is 0.864. The van der Waals surface area contributed by atoms with Crippen LogP contribution in [0.5, 0.6) is 0 Å². The number of hydrogen-bond donors (Lipinski definition) is 1. The topological polar surface area (TPSA) is 42.0 Å². The molecule has 0 saturated carbocycles. The second-order valence-electron chi connectivity index (χ2n) is 3.82. The molecule has 1 aromatic heterocycles. The predicted octanol–water partition coefficient (Wildman–Crippen LogP) is 3.23. The SMILES string of the molecule is CCC(CCCl)CNC(=O)c1ccc(Br)cn1. The largest absolute Gasteiger partial charge is 0.350 e. The lowest BCUT2D eigenvalue weighted by atomic mass is 10.0. The van der Waals surface area contributed by atoms with Crippen LogP contribution >= 0.6 is 27.5 Å². The fourth-order valence-corrected chi connectivity index (χ4v) is 1.99. The molecule has 1 heterocycles. The number of nitrogens with one attached hydrogen (secondary N) is 1. The zero-order valence-corrected chi connectivity index (χ0v) is 12.1. The highest BCUT2D eigenvalue weighted by Gasteiger charge is 2.10. The summed E-state index contributed by atoms with van der Waals surface area (Å²) in [6.07, 6.45) is 3.55. The maximum Gasteiger partial charge on any atom is 0.269 e. The molecule has 0 aliphatic carbocycles. The average molecular weight is 320 g/mol. The molecule has 0 fully saturated rings. The molecule has 0 spiro atoms. The zero-order valence-electron chi connectivity index (χ0n) is 9.75. The van der Waals surface area contributed by atoms with Crippen molar-refractivity contribution in [1.29, 1.82) is 0 Å². The molecule has 0 bridgehead atoms. The number of amides is 1. The maximum absolute atomic E-state index is 11.8. The van der Waals surface area contributed by atoms with Gasteiger partial charge in [0.15, 0.2) is 0 Å². The molecule has 0 radical (unpaired) electrons. The molecular formula is C12H16BrClN2O. The van der Waals surface area contributed by atoms with Gasteiger partial charge in [0.25, 0.3) is 5.91 Å². The molecule has 1 rings (SSSR count). The molecule has 1 N–H and O–H groups in total. The minimum atomic E-state index is -0.134. The van der Waals surface area contributed by atoms with E-state index in [1.165, 1.54) is 0 Å². The zero-order chi connectivity index (χ0) is 12.7. The first-order valence-electron chi connectivity index (χ1n) is 5.63. The first kappa shape index (κ1) is 14.5. The van der Waals surface area contributed by atoms with Crippen molar-refractivity contribution in [1.82, 2.24) is 10.3 Å². The Balaban J connectivity index is 2.46. The fraction of sp³-hybridized carbons (Fsp3) is 0.500. The maximum atomic E-state index is 11.8. The monoisotopic (exact) mass is 318 g/mol. The van der Waals surface area contributed by atoms with E-state index >= 15 is 0 Å². The molecule has 1 atom stereocenters. The van der Waals surface area contributed by atoms with E-state index in [-0.39, 0.29) is 5.91 Å². The Labute approximate surface area is 115 Å². The number of carbonyl (C=O) groups excluding carboxylic acids is 1. The molecule has 17 heavy (non-hydrogen) atoms. The summed E-state index contributed by atoms with van der Waals surface area (Å²) in [5.41, 5.74) is 0.439. The van der Waals surface area contributed by atoms with Crippen molar-refractivity contribution in [3.8, 4) is 0 Å². The molecular weight excluding hydrogens is 304 g/mol. The summed E-state index contributed by atoms with van der Waals surface area (Å²) in [5.74, 6) is 0.933. The van der Waals surface area contributed by atoms with E-state index < -0.39 is 0 Å². The summed E-state index contributed by atoms with van der Waals surface area (Å²) in [6, 6.07) is 3.50. The van der Waals surface area contributed by atoms with Gasteiger partial charge in [-0.05, 0) is 40.4 Å². The summed E-state index contributed by atoms with van der Waals surface area (Å²) in [6.45, 7) is 2.75. The second-order valence-corrected chi connectivity index (χ2v) is 5.12. The van der Waals surface area contributed by atoms with Crippen molar-refractivity contribution >= 4 is 33.4 Å². The van der Waals surface area contributed by atoms with E-state index in [2.05, 4.69) is 33.2 Å². The number of nitrogens with zero attached hydrogens (tertiary/aromatic N) is 1. The Hall–Kier alpha value is -0.610. The Morgan fingerprint density at radius 1 is 1.59 bits per heavy atom. The number of hydrogen-bond acceptors (Lipinski definition) is 2. The van der Waals surface area contributed by atoms with Gasteiger partial charge in [-0.3, -0.25) is 4.79 Å². The quantitative estimate of drug-likeness (QED) is 0.818. The van der Waals surface area contributed by atoms with Gasteiger partial charge in [0.05, 0.1) is 0 Å². The lowest BCUT2D eigenvalue weighted by molar-refractivity contribution is 0.0941. The van der Waals surface area contributed by atoms with Crippen molar-refractivity contribution in [2.45, 2.75) is 19.8 Å². The Morgan fingerprint density at radius 2 is 2.35 bits per heavy atom. The van der Waals surface area contributed by atoms with Gasteiger partial charge in [0.1, 0.15) is 5.69 Å². The van der Waals surface area contributed by atoms with Gasteiger partial charge in [-0.2, -0.15) is 0 Å². The fourth-order valence-electron chi connectivity index (χ4n) is 1.44. The highest BCUT2D eigenvalue weighted by molar-refractivity contribution is 9.10. The van der Waals surface area contributed by atoms with Crippen LogP contribution in [0.25, 0.3) is 0 Å². The van der Waals surface area contributed by atoms with Crippen molar-refractivity contribution in [3.05, 3.63) is 28.5 Å². The van der Waals surface area contributed by atoms with Crippen LogP contribution in [0.4, 0.5) is 0 Å². The van der Waals surface area contributed by atoms with Crippen molar-refractivity contribution < 1.29 is 4.79 Å². The van der Waals surface area contributed by atoms with Crippen LogP contribution in [0.3, 0.4) is 0 Å². The first-order chi connectivity index (χ1) is 8.17. The van der Waals surface area contributed by atoms with Crippen molar-refractivity contribution in [3.63, 3.8) is 0 Å². The molecule has 0 saturated heterocycles. The smallest absolute Gasteiger partial charge is 0.269 e. The van der Waals surface area contributed by atoms with Crippen LogP contribution in [0.15, 0.2) is 22.8 Å². The third kappa shape index (κ3) is 5.04. The van der Waals surface area contributed by atoms with Crippen LogP contribution in [0.2, 0.25) is 0 Å². The van der Waals surface area contributed by atoms with Gasteiger partial charge in [0.2, 0.25) is 0 Å². The molecule has 94 valence electrons. The van der Waals surface area contributed by atoms with E-state index in [4.69, 9.17) is 11.6 Å². The Bertz CT molecular complexity index is 356. The van der Waals surface area contributed by atoms with E-state index in [1.807, 2.05) is 0 Å². The number of rotatable bonds is 6. The average Bonchev–Trinajstić information content (AvgIpc) is 2.35. The lowest BCUT2D eigenvalue weighted by Crippen LogP contribution is -2.29. The summed E-state index contributed by atoms with van der Waals surface area (Å²) in [7, 11) is 0. The lowest BCUT2D eigenvalue weighted by Gasteiger charge is -2.13. The van der Waals surface area contributed by atoms with Crippen molar-refractivity contribution in [2.75, 3.05) is 12.4 Å².